The number of likely N-dealkylation sites (N-methyl/N-ethyl adjacent to an activating group) is 1. The average Bonchev–Trinajstić information content (AvgIpc) is 3.21. The van der Waals surface area contributed by atoms with Crippen molar-refractivity contribution in [3.8, 4) is 0 Å². The highest BCUT2D eigenvalue weighted by molar-refractivity contribution is 7.45. The second-order valence-corrected chi connectivity index (χ2v) is 20.3. The van der Waals surface area contributed by atoms with Crippen molar-refractivity contribution in [2.45, 2.75) is 251 Å². The zero-order chi connectivity index (χ0) is 45.0. The summed E-state index contributed by atoms with van der Waals surface area (Å²) < 4.78 is 23.3. The molecule has 360 valence electrons. The van der Waals surface area contributed by atoms with E-state index in [9.17, 15) is 19.4 Å². The molecule has 0 rings (SSSR count). The van der Waals surface area contributed by atoms with Crippen molar-refractivity contribution in [1.29, 1.82) is 0 Å². The molecule has 0 radical (unpaired) electrons. The second kappa shape index (κ2) is 43.9. The minimum atomic E-state index is -4.60. The number of aliphatic hydroxyl groups excluding tert-OH is 1. The van der Waals surface area contributed by atoms with Crippen LogP contribution < -0.4 is 10.2 Å². The quantitative estimate of drug-likeness (QED) is 0.0273. The van der Waals surface area contributed by atoms with Gasteiger partial charge in [-0.1, -0.05) is 211 Å². The van der Waals surface area contributed by atoms with E-state index in [2.05, 4.69) is 43.5 Å². The van der Waals surface area contributed by atoms with Gasteiger partial charge >= 0.3 is 0 Å². The molecule has 0 aromatic carbocycles. The Morgan fingerprint density at radius 3 is 1.33 bits per heavy atom. The van der Waals surface area contributed by atoms with Crippen LogP contribution in [0.15, 0.2) is 36.5 Å². The largest absolute Gasteiger partial charge is 0.756 e. The number of hydrogen-bond donors (Lipinski definition) is 2. The number of aliphatic hydroxyl groups is 1. The molecule has 9 heteroatoms. The molecule has 0 heterocycles. The van der Waals surface area contributed by atoms with Crippen LogP contribution in [0, 0.1) is 0 Å². The third-order valence-electron chi connectivity index (χ3n) is 11.6. The van der Waals surface area contributed by atoms with Crippen molar-refractivity contribution < 1.29 is 32.9 Å². The van der Waals surface area contributed by atoms with Crippen molar-refractivity contribution in [1.82, 2.24) is 5.32 Å². The third-order valence-corrected chi connectivity index (χ3v) is 12.5. The molecule has 0 aliphatic rings. The number of amides is 1. The molecule has 3 unspecified atom stereocenters. The van der Waals surface area contributed by atoms with Crippen molar-refractivity contribution in [3.05, 3.63) is 36.5 Å². The van der Waals surface area contributed by atoms with Gasteiger partial charge < -0.3 is 28.8 Å². The van der Waals surface area contributed by atoms with Crippen LogP contribution >= 0.6 is 7.82 Å². The van der Waals surface area contributed by atoms with Crippen LogP contribution in [-0.4, -0.2) is 68.5 Å². The molecule has 61 heavy (non-hydrogen) atoms. The van der Waals surface area contributed by atoms with Gasteiger partial charge in [-0.3, -0.25) is 9.36 Å². The molecular weight excluding hydrogens is 780 g/mol. The highest BCUT2D eigenvalue weighted by Crippen LogP contribution is 2.38. The number of quaternary nitrogens is 1. The van der Waals surface area contributed by atoms with Gasteiger partial charge in [0.1, 0.15) is 13.2 Å². The number of rotatable bonds is 47. The first kappa shape index (κ1) is 59.7. The summed E-state index contributed by atoms with van der Waals surface area (Å²) in [5.41, 5.74) is 0. The average molecular weight is 881 g/mol. The van der Waals surface area contributed by atoms with Crippen LogP contribution in [0.1, 0.15) is 239 Å². The highest BCUT2D eigenvalue weighted by atomic mass is 31.2. The molecule has 8 nitrogen and oxygen atoms in total. The molecule has 0 aliphatic carbocycles. The third kappa shape index (κ3) is 46.5. The molecule has 1 amide bonds. The molecule has 2 N–H and O–H groups in total. The van der Waals surface area contributed by atoms with Crippen molar-refractivity contribution in [2.24, 2.45) is 0 Å². The van der Waals surface area contributed by atoms with Crippen LogP contribution in [0.4, 0.5) is 0 Å². The lowest BCUT2D eigenvalue weighted by molar-refractivity contribution is -0.870. The standard InChI is InChI=1S/C52H101N2O6P/c1-6-8-10-12-14-16-18-20-22-24-26-27-28-30-32-34-36-38-40-42-44-46-52(56)53-50(49-60-61(57,58)59-48-47-54(3,4)5)51(55)45-43-41-39-37-35-33-31-29-25-23-21-19-17-15-13-11-9-7-2/h24,26,35,37,43,45,50-51,55H,6-23,25,27-34,36,38-42,44,46-49H2,1-5H3,(H-,53,56,57,58)/b26-24-,37-35+,45-43+. The highest BCUT2D eigenvalue weighted by Gasteiger charge is 2.23. The zero-order valence-corrected chi connectivity index (χ0v) is 41.8. The minimum Gasteiger partial charge on any atom is -0.756 e. The first-order valence-electron chi connectivity index (χ1n) is 25.9. The Balaban J connectivity index is 4.34. The van der Waals surface area contributed by atoms with E-state index in [1.807, 2.05) is 27.2 Å². The number of phosphoric ester groups is 1. The first-order valence-corrected chi connectivity index (χ1v) is 27.3. The molecule has 0 saturated carbocycles. The Morgan fingerprint density at radius 2 is 0.918 bits per heavy atom. The molecule has 0 bridgehead atoms. The number of allylic oxidation sites excluding steroid dienone is 5. The fourth-order valence-electron chi connectivity index (χ4n) is 7.46. The fourth-order valence-corrected chi connectivity index (χ4v) is 8.18. The van der Waals surface area contributed by atoms with Gasteiger partial charge in [0.2, 0.25) is 5.91 Å². The van der Waals surface area contributed by atoms with E-state index in [0.717, 1.165) is 38.5 Å². The Kier molecular flexibility index (Phi) is 43.0. The summed E-state index contributed by atoms with van der Waals surface area (Å²) in [5.74, 6) is -0.208. The zero-order valence-electron chi connectivity index (χ0n) is 40.9. The molecule has 0 fully saturated rings. The van der Waals surface area contributed by atoms with Crippen molar-refractivity contribution in [3.63, 3.8) is 0 Å². The first-order chi connectivity index (χ1) is 29.5. The molecule has 0 saturated heterocycles. The van der Waals surface area contributed by atoms with Crippen LogP contribution in [-0.2, 0) is 18.4 Å². The summed E-state index contributed by atoms with van der Waals surface area (Å²) in [4.78, 5) is 25.4. The van der Waals surface area contributed by atoms with Crippen molar-refractivity contribution >= 4 is 13.7 Å². The van der Waals surface area contributed by atoms with Gasteiger partial charge in [0, 0.05) is 6.42 Å². The summed E-state index contributed by atoms with van der Waals surface area (Å²) >= 11 is 0. The lowest BCUT2D eigenvalue weighted by Gasteiger charge is -2.29. The Morgan fingerprint density at radius 1 is 0.557 bits per heavy atom. The molecular formula is C52H101N2O6P. The molecule has 0 spiro atoms. The van der Waals surface area contributed by atoms with E-state index in [1.165, 1.54) is 180 Å². The van der Waals surface area contributed by atoms with E-state index < -0.39 is 26.6 Å². The van der Waals surface area contributed by atoms with Gasteiger partial charge in [0.25, 0.3) is 7.82 Å². The summed E-state index contributed by atoms with van der Waals surface area (Å²) in [6.07, 6.45) is 54.9. The fraction of sp³-hybridized carbons (Fsp3) is 0.865. The Hall–Kier alpha value is -1.28. The summed E-state index contributed by atoms with van der Waals surface area (Å²) in [5, 5.41) is 13.8. The monoisotopic (exact) mass is 881 g/mol. The number of carbonyl (C=O) groups excluding carboxylic acids is 1. The number of phosphoric acid groups is 1. The number of unbranched alkanes of at least 4 members (excludes halogenated alkanes) is 30. The molecule has 3 atom stereocenters. The van der Waals surface area contributed by atoms with Gasteiger partial charge in [0.15, 0.2) is 0 Å². The Bertz CT molecular complexity index is 1090. The van der Waals surface area contributed by atoms with Crippen LogP contribution in [0.5, 0.6) is 0 Å². The Labute approximate surface area is 378 Å². The van der Waals surface area contributed by atoms with Crippen molar-refractivity contribution in [2.75, 3.05) is 40.9 Å². The number of nitrogens with one attached hydrogen (secondary N) is 1. The maximum Gasteiger partial charge on any atom is 0.268 e. The summed E-state index contributed by atoms with van der Waals surface area (Å²) in [7, 11) is 1.25. The molecule has 0 aromatic heterocycles. The second-order valence-electron chi connectivity index (χ2n) is 18.9. The lowest BCUT2D eigenvalue weighted by atomic mass is 10.0. The minimum absolute atomic E-state index is 0.00629. The van der Waals surface area contributed by atoms with E-state index in [1.54, 1.807) is 6.08 Å². The predicted molar refractivity (Wildman–Crippen MR) is 261 cm³/mol. The predicted octanol–water partition coefficient (Wildman–Crippen LogP) is 14.4. The van der Waals surface area contributed by atoms with Gasteiger partial charge in [-0.2, -0.15) is 0 Å². The van der Waals surface area contributed by atoms with Crippen LogP contribution in [0.25, 0.3) is 0 Å². The molecule has 0 aliphatic heterocycles. The van der Waals surface area contributed by atoms with E-state index in [0.29, 0.717) is 17.4 Å². The van der Waals surface area contributed by atoms with E-state index in [4.69, 9.17) is 9.05 Å². The maximum absolute atomic E-state index is 12.9. The van der Waals surface area contributed by atoms with E-state index >= 15 is 0 Å². The number of hydrogen-bond acceptors (Lipinski definition) is 6. The SMILES string of the molecule is CCCCCCCCCC/C=C\CCCCCCCCCCCC(=O)NC(COP(=O)([O-])OCC[N+](C)(C)C)C(O)/C=C/CC/C=C/CCCCCCCCCCCCCC. The lowest BCUT2D eigenvalue weighted by Crippen LogP contribution is -2.45. The van der Waals surface area contributed by atoms with Crippen LogP contribution in [0.2, 0.25) is 0 Å². The smallest absolute Gasteiger partial charge is 0.268 e. The topological polar surface area (TPSA) is 108 Å². The van der Waals surface area contributed by atoms with Crippen LogP contribution in [0.3, 0.4) is 0 Å². The van der Waals surface area contributed by atoms with E-state index in [-0.39, 0.29) is 12.5 Å². The van der Waals surface area contributed by atoms with Gasteiger partial charge in [-0.25, -0.2) is 0 Å². The molecule has 0 aromatic rings. The summed E-state index contributed by atoms with van der Waals surface area (Å²) in [6, 6.07) is -0.903. The normalized spacial score (nSPS) is 14.4. The van der Waals surface area contributed by atoms with Gasteiger partial charge in [-0.15, -0.1) is 0 Å². The number of nitrogens with zero attached hydrogens (tertiary/aromatic N) is 1. The van der Waals surface area contributed by atoms with Gasteiger partial charge in [-0.05, 0) is 57.8 Å². The number of carbonyl (C=O) groups is 1. The maximum atomic E-state index is 12.9. The van der Waals surface area contributed by atoms with Gasteiger partial charge in [0.05, 0.1) is 39.9 Å². The summed E-state index contributed by atoms with van der Waals surface area (Å²) in [6.45, 7) is 4.64.